The molecule has 0 radical (unpaired) electrons. The molecule has 1 aromatic carbocycles. The zero-order valence-corrected chi connectivity index (χ0v) is 12.7. The Morgan fingerprint density at radius 3 is 2.50 bits per heavy atom. The van der Waals surface area contributed by atoms with Crippen molar-refractivity contribution in [2.75, 3.05) is 0 Å². The number of aryl methyl sites for hydroxylation is 3. The van der Waals surface area contributed by atoms with Crippen molar-refractivity contribution in [1.82, 2.24) is 0 Å². The number of ether oxygens (including phenoxy) is 1. The lowest BCUT2D eigenvalue weighted by Crippen LogP contribution is -2.03. The van der Waals surface area contributed by atoms with Gasteiger partial charge in [0, 0.05) is 4.88 Å². The summed E-state index contributed by atoms with van der Waals surface area (Å²) in [6.07, 6.45) is 0.817. The standard InChI is InChI=1S/C16H18O3S/c1-4-12-8-14(15(20-12)16(17)18)19-9-13-10(2)6-5-7-11(13)3/h5-8H,4,9H2,1-3H3,(H,17,18). The van der Waals surface area contributed by atoms with Crippen molar-refractivity contribution < 1.29 is 14.6 Å². The number of aromatic carboxylic acids is 1. The molecule has 3 nitrogen and oxygen atoms in total. The number of carbonyl (C=O) groups is 1. The minimum absolute atomic E-state index is 0.285. The van der Waals surface area contributed by atoms with Crippen LogP contribution in [0.15, 0.2) is 24.3 Å². The van der Waals surface area contributed by atoms with Gasteiger partial charge in [-0.15, -0.1) is 11.3 Å². The molecule has 1 heterocycles. The Morgan fingerprint density at radius 1 is 1.30 bits per heavy atom. The zero-order valence-electron chi connectivity index (χ0n) is 11.9. The fourth-order valence-corrected chi connectivity index (χ4v) is 2.96. The van der Waals surface area contributed by atoms with Gasteiger partial charge in [-0.2, -0.15) is 0 Å². The van der Waals surface area contributed by atoms with Crippen LogP contribution in [0.1, 0.15) is 38.2 Å². The Hall–Kier alpha value is -1.81. The summed E-state index contributed by atoms with van der Waals surface area (Å²) >= 11 is 1.29. The van der Waals surface area contributed by atoms with E-state index in [2.05, 4.69) is 0 Å². The molecular formula is C16H18O3S. The van der Waals surface area contributed by atoms with Gasteiger partial charge >= 0.3 is 5.97 Å². The maximum Gasteiger partial charge on any atom is 0.349 e. The summed E-state index contributed by atoms with van der Waals surface area (Å²) < 4.78 is 5.76. The fraction of sp³-hybridized carbons (Fsp3) is 0.312. The zero-order chi connectivity index (χ0) is 14.7. The maximum absolute atomic E-state index is 11.2. The monoisotopic (exact) mass is 290 g/mol. The van der Waals surface area contributed by atoms with Crippen LogP contribution < -0.4 is 4.74 Å². The molecule has 0 saturated heterocycles. The lowest BCUT2D eigenvalue weighted by atomic mass is 10.0. The van der Waals surface area contributed by atoms with Gasteiger partial charge in [0.15, 0.2) is 4.88 Å². The normalized spacial score (nSPS) is 10.6. The van der Waals surface area contributed by atoms with Gasteiger partial charge < -0.3 is 9.84 Å². The summed E-state index contributed by atoms with van der Waals surface area (Å²) in [6, 6.07) is 7.92. The molecule has 2 rings (SSSR count). The van der Waals surface area contributed by atoms with Crippen LogP contribution in [0.3, 0.4) is 0 Å². The maximum atomic E-state index is 11.2. The Bertz CT molecular complexity index is 608. The third-order valence-corrected chi connectivity index (χ3v) is 4.56. The highest BCUT2D eigenvalue weighted by atomic mass is 32.1. The van der Waals surface area contributed by atoms with E-state index in [1.54, 1.807) is 0 Å². The van der Waals surface area contributed by atoms with E-state index in [9.17, 15) is 9.90 Å². The van der Waals surface area contributed by atoms with Crippen molar-refractivity contribution >= 4 is 17.3 Å². The summed E-state index contributed by atoms with van der Waals surface area (Å²) in [4.78, 5) is 12.5. The third-order valence-electron chi connectivity index (χ3n) is 3.31. The molecule has 0 aliphatic heterocycles. The molecule has 0 fully saturated rings. The van der Waals surface area contributed by atoms with Crippen molar-refractivity contribution in [2.45, 2.75) is 33.8 Å². The molecule has 2 aromatic rings. The van der Waals surface area contributed by atoms with Gasteiger partial charge in [0.2, 0.25) is 0 Å². The fourth-order valence-electron chi connectivity index (χ4n) is 2.08. The van der Waals surface area contributed by atoms with Crippen molar-refractivity contribution in [3.05, 3.63) is 50.7 Å². The van der Waals surface area contributed by atoms with Gasteiger partial charge in [-0.05, 0) is 43.0 Å². The van der Waals surface area contributed by atoms with Gasteiger partial charge in [0.1, 0.15) is 12.4 Å². The average molecular weight is 290 g/mol. The number of hydrogen-bond donors (Lipinski definition) is 1. The Kier molecular flexibility index (Phi) is 4.45. The SMILES string of the molecule is CCc1cc(OCc2c(C)cccc2C)c(C(=O)O)s1. The Balaban J connectivity index is 2.22. The Labute approximate surface area is 122 Å². The quantitative estimate of drug-likeness (QED) is 0.897. The van der Waals surface area contributed by atoms with Gasteiger partial charge in [-0.1, -0.05) is 25.1 Å². The predicted octanol–water partition coefficient (Wildman–Crippen LogP) is 4.20. The second kappa shape index (κ2) is 6.09. The molecule has 0 amide bonds. The molecular weight excluding hydrogens is 272 g/mol. The van der Waals surface area contributed by atoms with Crippen LogP contribution in [0.2, 0.25) is 0 Å². The molecule has 106 valence electrons. The van der Waals surface area contributed by atoms with Crippen LogP contribution in [-0.2, 0) is 13.0 Å². The molecule has 0 aliphatic rings. The van der Waals surface area contributed by atoms with Gasteiger partial charge in [-0.25, -0.2) is 4.79 Å². The van der Waals surface area contributed by atoms with Gasteiger partial charge in [0.25, 0.3) is 0 Å². The van der Waals surface area contributed by atoms with E-state index in [1.807, 2.05) is 45.0 Å². The second-order valence-corrected chi connectivity index (χ2v) is 5.86. The van der Waals surface area contributed by atoms with E-state index in [-0.39, 0.29) is 4.88 Å². The molecule has 0 unspecified atom stereocenters. The van der Waals surface area contributed by atoms with Crippen molar-refractivity contribution in [3.63, 3.8) is 0 Å². The van der Waals surface area contributed by atoms with Crippen LogP contribution in [-0.4, -0.2) is 11.1 Å². The molecule has 1 aromatic heterocycles. The smallest absolute Gasteiger partial charge is 0.349 e. The minimum atomic E-state index is -0.925. The molecule has 0 atom stereocenters. The summed E-state index contributed by atoms with van der Waals surface area (Å²) in [5.41, 5.74) is 3.44. The highest BCUT2D eigenvalue weighted by Gasteiger charge is 2.16. The topological polar surface area (TPSA) is 46.5 Å². The van der Waals surface area contributed by atoms with Crippen molar-refractivity contribution in [1.29, 1.82) is 0 Å². The number of rotatable bonds is 5. The minimum Gasteiger partial charge on any atom is -0.487 e. The largest absolute Gasteiger partial charge is 0.487 e. The molecule has 1 N–H and O–H groups in total. The molecule has 0 aliphatic carbocycles. The second-order valence-electron chi connectivity index (χ2n) is 4.72. The van der Waals surface area contributed by atoms with E-state index in [1.165, 1.54) is 11.3 Å². The molecule has 20 heavy (non-hydrogen) atoms. The number of hydrogen-bond acceptors (Lipinski definition) is 3. The van der Waals surface area contributed by atoms with E-state index >= 15 is 0 Å². The lowest BCUT2D eigenvalue weighted by molar-refractivity contribution is 0.0697. The van der Waals surface area contributed by atoms with E-state index in [0.717, 1.165) is 28.0 Å². The third kappa shape index (κ3) is 3.02. The van der Waals surface area contributed by atoms with E-state index < -0.39 is 5.97 Å². The molecule has 4 heteroatoms. The number of carboxylic acid groups (broad SMARTS) is 1. The lowest BCUT2D eigenvalue weighted by Gasteiger charge is -2.11. The highest BCUT2D eigenvalue weighted by Crippen LogP contribution is 2.31. The first-order valence-electron chi connectivity index (χ1n) is 6.56. The van der Waals surface area contributed by atoms with Crippen LogP contribution >= 0.6 is 11.3 Å². The molecule has 0 saturated carbocycles. The summed E-state index contributed by atoms with van der Waals surface area (Å²) in [5.74, 6) is -0.451. The predicted molar refractivity (Wildman–Crippen MR) is 80.9 cm³/mol. The van der Waals surface area contributed by atoms with Crippen LogP contribution in [0.25, 0.3) is 0 Å². The van der Waals surface area contributed by atoms with Crippen LogP contribution in [0.4, 0.5) is 0 Å². The van der Waals surface area contributed by atoms with Crippen molar-refractivity contribution in [2.24, 2.45) is 0 Å². The molecule has 0 bridgehead atoms. The number of thiophene rings is 1. The Morgan fingerprint density at radius 2 is 1.95 bits per heavy atom. The first-order chi connectivity index (χ1) is 9.52. The first-order valence-corrected chi connectivity index (χ1v) is 7.38. The number of benzene rings is 1. The summed E-state index contributed by atoms with van der Waals surface area (Å²) in [5, 5.41) is 9.21. The first kappa shape index (κ1) is 14.6. The van der Waals surface area contributed by atoms with Crippen LogP contribution in [0.5, 0.6) is 5.75 Å². The highest BCUT2D eigenvalue weighted by molar-refractivity contribution is 7.14. The molecule has 0 spiro atoms. The van der Waals surface area contributed by atoms with E-state index in [0.29, 0.717) is 12.4 Å². The van der Waals surface area contributed by atoms with Crippen LogP contribution in [0, 0.1) is 13.8 Å². The number of carboxylic acids is 1. The summed E-state index contributed by atoms with van der Waals surface area (Å²) in [6.45, 7) is 6.48. The van der Waals surface area contributed by atoms with Gasteiger partial charge in [-0.3, -0.25) is 0 Å². The summed E-state index contributed by atoms with van der Waals surface area (Å²) in [7, 11) is 0. The van der Waals surface area contributed by atoms with Gasteiger partial charge in [0.05, 0.1) is 0 Å². The van der Waals surface area contributed by atoms with Crippen molar-refractivity contribution in [3.8, 4) is 5.75 Å². The van der Waals surface area contributed by atoms with E-state index in [4.69, 9.17) is 4.74 Å². The average Bonchev–Trinajstić information content (AvgIpc) is 2.82.